The van der Waals surface area contributed by atoms with Crippen molar-refractivity contribution >= 4 is 22.9 Å². The van der Waals surface area contributed by atoms with Gasteiger partial charge in [-0.1, -0.05) is 30.3 Å². The molecular formula is C20H24N4O. The summed E-state index contributed by atoms with van der Waals surface area (Å²) in [4.78, 5) is 4.50. The zero-order valence-electron chi connectivity index (χ0n) is 14.5. The van der Waals surface area contributed by atoms with Crippen LogP contribution in [-0.4, -0.2) is 24.4 Å². The minimum absolute atomic E-state index is 0.00981. The van der Waals surface area contributed by atoms with Crippen LogP contribution in [0.1, 0.15) is 37.3 Å². The summed E-state index contributed by atoms with van der Waals surface area (Å²) >= 11 is 0. The number of nitrogens with zero attached hydrogens (tertiary/aromatic N) is 1. The molecule has 2 aromatic carbocycles. The van der Waals surface area contributed by atoms with Crippen LogP contribution in [0.2, 0.25) is 0 Å². The van der Waals surface area contributed by atoms with E-state index in [1.807, 2.05) is 48.5 Å². The minimum atomic E-state index is 0.00981. The fourth-order valence-corrected chi connectivity index (χ4v) is 2.88. The molecule has 0 aliphatic carbocycles. The van der Waals surface area contributed by atoms with E-state index in [0.29, 0.717) is 11.5 Å². The Bertz CT molecular complexity index is 765. The average Bonchev–Trinajstić information content (AvgIpc) is 2.64. The van der Waals surface area contributed by atoms with Gasteiger partial charge >= 0.3 is 0 Å². The van der Waals surface area contributed by atoms with Gasteiger partial charge in [0.05, 0.1) is 5.69 Å². The maximum absolute atomic E-state index is 8.08. The SMILES string of the molecule is CC(=N)c1cc(N=C(N)c2ccccc2)ccc1NC1CCCCO1. The highest BCUT2D eigenvalue weighted by molar-refractivity contribution is 6.03. The molecule has 1 aliphatic rings. The number of benzene rings is 2. The van der Waals surface area contributed by atoms with E-state index in [4.69, 9.17) is 15.9 Å². The standard InChI is InChI=1S/C20H24N4O/c1-14(21)17-13-16(23-20(22)15-7-3-2-4-8-15)10-11-18(17)24-19-9-5-6-12-25-19/h2-4,7-8,10-11,13,19,21,24H,5-6,9,12H2,1H3,(H2,22,23). The molecule has 0 saturated carbocycles. The smallest absolute Gasteiger partial charge is 0.131 e. The van der Waals surface area contributed by atoms with Crippen molar-refractivity contribution in [2.45, 2.75) is 32.4 Å². The Morgan fingerprint density at radius 3 is 2.68 bits per heavy atom. The number of aliphatic imine (C=N–C) groups is 1. The number of amidine groups is 1. The van der Waals surface area contributed by atoms with Crippen molar-refractivity contribution in [2.24, 2.45) is 10.7 Å². The molecule has 4 N–H and O–H groups in total. The van der Waals surface area contributed by atoms with Crippen LogP contribution in [-0.2, 0) is 4.74 Å². The zero-order valence-corrected chi connectivity index (χ0v) is 14.5. The van der Waals surface area contributed by atoms with Gasteiger partial charge in [0.2, 0.25) is 0 Å². The van der Waals surface area contributed by atoms with E-state index in [-0.39, 0.29) is 6.23 Å². The molecule has 1 atom stereocenters. The Balaban J connectivity index is 1.84. The molecular weight excluding hydrogens is 312 g/mol. The van der Waals surface area contributed by atoms with Gasteiger partial charge in [-0.3, -0.25) is 0 Å². The van der Waals surface area contributed by atoms with E-state index in [9.17, 15) is 0 Å². The minimum Gasteiger partial charge on any atom is -0.383 e. The van der Waals surface area contributed by atoms with Gasteiger partial charge in [-0.05, 0) is 44.4 Å². The molecule has 5 heteroatoms. The highest BCUT2D eigenvalue weighted by Gasteiger charge is 2.15. The zero-order chi connectivity index (χ0) is 17.6. The van der Waals surface area contributed by atoms with Crippen molar-refractivity contribution in [3.05, 3.63) is 59.7 Å². The highest BCUT2D eigenvalue weighted by Crippen LogP contribution is 2.26. The van der Waals surface area contributed by atoms with E-state index in [2.05, 4.69) is 10.3 Å². The molecule has 5 nitrogen and oxygen atoms in total. The quantitative estimate of drug-likeness (QED) is 0.569. The molecule has 130 valence electrons. The highest BCUT2D eigenvalue weighted by atomic mass is 16.5. The van der Waals surface area contributed by atoms with Crippen LogP contribution < -0.4 is 11.1 Å². The molecule has 0 radical (unpaired) electrons. The molecule has 2 aromatic rings. The normalized spacial score (nSPS) is 18.0. The molecule has 0 spiro atoms. The summed E-state index contributed by atoms with van der Waals surface area (Å²) in [6.45, 7) is 2.56. The number of hydrogen-bond acceptors (Lipinski definition) is 4. The molecule has 1 fully saturated rings. The fourth-order valence-electron chi connectivity index (χ4n) is 2.88. The third kappa shape index (κ3) is 4.45. The predicted octanol–water partition coefficient (Wildman–Crippen LogP) is 4.05. The largest absolute Gasteiger partial charge is 0.383 e. The second kappa shape index (κ2) is 7.94. The molecule has 1 saturated heterocycles. The van der Waals surface area contributed by atoms with Crippen LogP contribution >= 0.6 is 0 Å². The Morgan fingerprint density at radius 1 is 1.20 bits per heavy atom. The van der Waals surface area contributed by atoms with Gasteiger partial charge in [0, 0.05) is 29.1 Å². The number of nitrogens with one attached hydrogen (secondary N) is 2. The maximum atomic E-state index is 8.08. The first-order valence-electron chi connectivity index (χ1n) is 8.61. The Morgan fingerprint density at radius 2 is 2.00 bits per heavy atom. The first-order chi connectivity index (χ1) is 12.1. The first-order valence-corrected chi connectivity index (χ1v) is 8.61. The maximum Gasteiger partial charge on any atom is 0.131 e. The number of ether oxygens (including phenoxy) is 1. The van der Waals surface area contributed by atoms with Crippen molar-refractivity contribution in [1.29, 1.82) is 5.41 Å². The van der Waals surface area contributed by atoms with Crippen molar-refractivity contribution < 1.29 is 4.74 Å². The second-order valence-corrected chi connectivity index (χ2v) is 6.22. The summed E-state index contributed by atoms with van der Waals surface area (Å²) in [7, 11) is 0. The third-order valence-corrected chi connectivity index (χ3v) is 4.22. The van der Waals surface area contributed by atoms with Gasteiger partial charge in [0.1, 0.15) is 12.1 Å². The van der Waals surface area contributed by atoms with Gasteiger partial charge in [0.25, 0.3) is 0 Å². The number of nitrogens with two attached hydrogens (primary N) is 1. The predicted molar refractivity (Wildman–Crippen MR) is 103 cm³/mol. The van der Waals surface area contributed by atoms with Gasteiger partial charge in [-0.2, -0.15) is 0 Å². The number of hydrogen-bond donors (Lipinski definition) is 3. The topological polar surface area (TPSA) is 83.5 Å². The van der Waals surface area contributed by atoms with Crippen LogP contribution in [0.5, 0.6) is 0 Å². The van der Waals surface area contributed by atoms with Crippen LogP contribution in [0, 0.1) is 5.41 Å². The Hall–Kier alpha value is -2.66. The van der Waals surface area contributed by atoms with Crippen LogP contribution in [0.25, 0.3) is 0 Å². The van der Waals surface area contributed by atoms with Crippen LogP contribution in [0.15, 0.2) is 53.5 Å². The summed E-state index contributed by atoms with van der Waals surface area (Å²) in [5, 5.41) is 11.5. The lowest BCUT2D eigenvalue weighted by Crippen LogP contribution is -2.27. The summed E-state index contributed by atoms with van der Waals surface area (Å²) in [6.07, 6.45) is 3.26. The Kier molecular flexibility index (Phi) is 5.46. The third-order valence-electron chi connectivity index (χ3n) is 4.22. The molecule has 1 aliphatic heterocycles. The van der Waals surface area contributed by atoms with Gasteiger partial charge in [-0.25, -0.2) is 4.99 Å². The van der Waals surface area contributed by atoms with Crippen molar-refractivity contribution in [3.8, 4) is 0 Å². The first kappa shape index (κ1) is 17.2. The van der Waals surface area contributed by atoms with E-state index in [1.54, 1.807) is 6.92 Å². The fraction of sp³-hybridized carbons (Fsp3) is 0.300. The van der Waals surface area contributed by atoms with Crippen molar-refractivity contribution in [2.75, 3.05) is 11.9 Å². The molecule has 25 heavy (non-hydrogen) atoms. The van der Waals surface area contributed by atoms with E-state index in [1.165, 1.54) is 0 Å². The van der Waals surface area contributed by atoms with Crippen molar-refractivity contribution in [3.63, 3.8) is 0 Å². The van der Waals surface area contributed by atoms with Gasteiger partial charge < -0.3 is 21.2 Å². The van der Waals surface area contributed by atoms with E-state index < -0.39 is 0 Å². The second-order valence-electron chi connectivity index (χ2n) is 6.22. The Labute approximate surface area is 148 Å². The monoisotopic (exact) mass is 336 g/mol. The van der Waals surface area contributed by atoms with E-state index >= 15 is 0 Å². The molecule has 1 unspecified atom stereocenters. The molecule has 3 rings (SSSR count). The van der Waals surface area contributed by atoms with Crippen molar-refractivity contribution in [1.82, 2.24) is 0 Å². The lowest BCUT2D eigenvalue weighted by atomic mass is 10.1. The average molecular weight is 336 g/mol. The molecule has 1 heterocycles. The summed E-state index contributed by atoms with van der Waals surface area (Å²) in [5.41, 5.74) is 9.91. The van der Waals surface area contributed by atoms with Gasteiger partial charge in [0.15, 0.2) is 0 Å². The number of rotatable bonds is 5. The van der Waals surface area contributed by atoms with Crippen LogP contribution in [0.4, 0.5) is 11.4 Å². The van der Waals surface area contributed by atoms with E-state index in [0.717, 1.165) is 48.4 Å². The summed E-state index contributed by atoms with van der Waals surface area (Å²) < 4.78 is 5.74. The molecule has 0 bridgehead atoms. The summed E-state index contributed by atoms with van der Waals surface area (Å²) in [6, 6.07) is 15.4. The molecule has 0 aromatic heterocycles. The van der Waals surface area contributed by atoms with Gasteiger partial charge in [-0.15, -0.1) is 0 Å². The number of anilines is 1. The summed E-state index contributed by atoms with van der Waals surface area (Å²) in [5.74, 6) is 0.463. The lowest BCUT2D eigenvalue weighted by molar-refractivity contribution is 0.0343. The van der Waals surface area contributed by atoms with Crippen LogP contribution in [0.3, 0.4) is 0 Å². The molecule has 0 amide bonds. The lowest BCUT2D eigenvalue weighted by Gasteiger charge is -2.25.